The van der Waals surface area contributed by atoms with Gasteiger partial charge in [-0.2, -0.15) is 13.2 Å². The molecule has 114 valence electrons. The van der Waals surface area contributed by atoms with E-state index in [-0.39, 0.29) is 5.56 Å². The van der Waals surface area contributed by atoms with Crippen LogP contribution in [0.15, 0.2) is 36.4 Å². The van der Waals surface area contributed by atoms with Gasteiger partial charge in [0.15, 0.2) is 6.10 Å². The molecule has 0 fully saturated rings. The first-order chi connectivity index (χ1) is 9.93. The van der Waals surface area contributed by atoms with E-state index in [4.69, 9.17) is 4.74 Å². The molecule has 2 rings (SSSR count). The lowest BCUT2D eigenvalue weighted by molar-refractivity contribution is -0.206. The Labute approximate surface area is 121 Å². The van der Waals surface area contributed by atoms with Crippen LogP contribution in [0.5, 0.6) is 5.75 Å². The molecular formula is C16H17F3O2. The van der Waals surface area contributed by atoms with Crippen molar-refractivity contribution in [3.05, 3.63) is 42.0 Å². The fourth-order valence-electron chi connectivity index (χ4n) is 2.11. The van der Waals surface area contributed by atoms with E-state index in [2.05, 4.69) is 0 Å². The van der Waals surface area contributed by atoms with Crippen molar-refractivity contribution in [1.29, 1.82) is 0 Å². The fraction of sp³-hybridized carbons (Fsp3) is 0.375. The van der Waals surface area contributed by atoms with Crippen LogP contribution >= 0.6 is 0 Å². The van der Waals surface area contributed by atoms with Gasteiger partial charge in [-0.25, -0.2) is 0 Å². The van der Waals surface area contributed by atoms with Gasteiger partial charge < -0.3 is 9.84 Å². The molecule has 0 aliphatic heterocycles. The van der Waals surface area contributed by atoms with Crippen LogP contribution in [0, 0.1) is 0 Å². The van der Waals surface area contributed by atoms with E-state index >= 15 is 0 Å². The first-order valence-electron chi connectivity index (χ1n) is 6.83. The van der Waals surface area contributed by atoms with Crippen LogP contribution in [0.25, 0.3) is 10.8 Å². The molecule has 2 nitrogen and oxygen atoms in total. The summed E-state index contributed by atoms with van der Waals surface area (Å²) < 4.78 is 43.7. The molecule has 0 aliphatic carbocycles. The maximum Gasteiger partial charge on any atom is 0.418 e. The average Bonchev–Trinajstić information content (AvgIpc) is 2.45. The van der Waals surface area contributed by atoms with Gasteiger partial charge in [-0.05, 0) is 34.9 Å². The van der Waals surface area contributed by atoms with Gasteiger partial charge in [0, 0.05) is 0 Å². The van der Waals surface area contributed by atoms with Crippen molar-refractivity contribution < 1.29 is 23.0 Å². The first-order valence-corrected chi connectivity index (χ1v) is 6.83. The Morgan fingerprint density at radius 3 is 2.62 bits per heavy atom. The van der Waals surface area contributed by atoms with Gasteiger partial charge in [0.1, 0.15) is 5.75 Å². The number of ether oxygens (including phenoxy) is 1. The number of hydrogen-bond donors (Lipinski definition) is 1. The highest BCUT2D eigenvalue weighted by atomic mass is 19.4. The summed E-state index contributed by atoms with van der Waals surface area (Å²) in [6.07, 6.45) is -5.32. The van der Waals surface area contributed by atoms with Gasteiger partial charge in [0.2, 0.25) is 0 Å². The second-order valence-corrected chi connectivity index (χ2v) is 4.88. The van der Waals surface area contributed by atoms with Crippen LogP contribution < -0.4 is 4.74 Å². The van der Waals surface area contributed by atoms with E-state index in [1.54, 1.807) is 24.3 Å². The van der Waals surface area contributed by atoms with Gasteiger partial charge in [0.25, 0.3) is 0 Å². The zero-order valence-electron chi connectivity index (χ0n) is 11.7. The SMILES string of the molecule is CCCCOc1ccc2cccc(C(O)C(F)(F)F)c2c1. The van der Waals surface area contributed by atoms with Gasteiger partial charge in [-0.15, -0.1) is 0 Å². The standard InChI is InChI=1S/C16H17F3O2/c1-2-3-9-21-12-8-7-11-5-4-6-13(14(11)10-12)15(20)16(17,18)19/h4-8,10,15,20H,2-3,9H2,1H3. The molecule has 2 aromatic carbocycles. The third-order valence-electron chi connectivity index (χ3n) is 3.26. The molecule has 0 amide bonds. The highest BCUT2D eigenvalue weighted by Gasteiger charge is 2.40. The largest absolute Gasteiger partial charge is 0.494 e. The monoisotopic (exact) mass is 298 g/mol. The summed E-state index contributed by atoms with van der Waals surface area (Å²) in [5.41, 5.74) is -0.152. The van der Waals surface area contributed by atoms with E-state index in [1.165, 1.54) is 12.1 Å². The van der Waals surface area contributed by atoms with Gasteiger partial charge in [-0.3, -0.25) is 0 Å². The molecule has 0 bridgehead atoms. The smallest absolute Gasteiger partial charge is 0.418 e. The van der Waals surface area contributed by atoms with E-state index in [9.17, 15) is 18.3 Å². The van der Waals surface area contributed by atoms with Crippen LogP contribution in [0.3, 0.4) is 0 Å². The molecule has 1 N–H and O–H groups in total. The van der Waals surface area contributed by atoms with Gasteiger partial charge in [0.05, 0.1) is 6.61 Å². The predicted molar refractivity (Wildman–Crippen MR) is 75.4 cm³/mol. The van der Waals surface area contributed by atoms with Gasteiger partial charge >= 0.3 is 6.18 Å². The van der Waals surface area contributed by atoms with Crippen molar-refractivity contribution in [2.75, 3.05) is 6.61 Å². The van der Waals surface area contributed by atoms with Crippen molar-refractivity contribution in [3.8, 4) is 5.75 Å². The molecule has 1 unspecified atom stereocenters. The molecule has 21 heavy (non-hydrogen) atoms. The van der Waals surface area contributed by atoms with Crippen LogP contribution in [0.1, 0.15) is 31.4 Å². The lowest BCUT2D eigenvalue weighted by atomic mass is 10.00. The highest BCUT2D eigenvalue weighted by molar-refractivity contribution is 5.87. The van der Waals surface area contributed by atoms with Crippen molar-refractivity contribution >= 4 is 10.8 Å². The minimum Gasteiger partial charge on any atom is -0.494 e. The number of alkyl halides is 3. The molecule has 0 heterocycles. The molecule has 1 atom stereocenters. The van der Waals surface area contributed by atoms with Gasteiger partial charge in [-0.1, -0.05) is 37.6 Å². The molecule has 0 spiro atoms. The summed E-state index contributed by atoms with van der Waals surface area (Å²) in [4.78, 5) is 0. The Bertz CT molecular complexity index is 608. The molecule has 5 heteroatoms. The lowest BCUT2D eigenvalue weighted by Gasteiger charge is -2.17. The van der Waals surface area contributed by atoms with Crippen molar-refractivity contribution in [2.45, 2.75) is 32.0 Å². The van der Waals surface area contributed by atoms with Crippen LogP contribution in [0.4, 0.5) is 13.2 Å². The number of halogens is 3. The van der Waals surface area contributed by atoms with E-state index in [1.807, 2.05) is 6.92 Å². The normalized spacial score (nSPS) is 13.4. The van der Waals surface area contributed by atoms with Crippen LogP contribution in [0.2, 0.25) is 0 Å². The van der Waals surface area contributed by atoms with Crippen molar-refractivity contribution in [1.82, 2.24) is 0 Å². The summed E-state index contributed by atoms with van der Waals surface area (Å²) in [6, 6.07) is 9.47. The van der Waals surface area contributed by atoms with E-state index < -0.39 is 12.3 Å². The highest BCUT2D eigenvalue weighted by Crippen LogP contribution is 2.37. The molecule has 0 aliphatic rings. The maximum atomic E-state index is 12.7. The number of benzene rings is 2. The predicted octanol–water partition coefficient (Wildman–Crippen LogP) is 4.61. The number of unbranched alkanes of at least 4 members (excludes halogenated alkanes) is 1. The lowest BCUT2D eigenvalue weighted by Crippen LogP contribution is -2.20. The summed E-state index contributed by atoms with van der Waals surface area (Å²) in [7, 11) is 0. The quantitative estimate of drug-likeness (QED) is 0.816. The first kappa shape index (κ1) is 15.6. The maximum absolute atomic E-state index is 12.7. The summed E-state index contributed by atoms with van der Waals surface area (Å²) in [6.45, 7) is 2.55. The Kier molecular flexibility index (Phi) is 4.73. The van der Waals surface area contributed by atoms with Crippen LogP contribution in [-0.4, -0.2) is 17.9 Å². The third kappa shape index (κ3) is 3.67. The van der Waals surface area contributed by atoms with E-state index in [0.717, 1.165) is 12.8 Å². The van der Waals surface area contributed by atoms with Crippen LogP contribution in [-0.2, 0) is 0 Å². The molecular weight excluding hydrogens is 281 g/mol. The molecule has 2 aromatic rings. The summed E-state index contributed by atoms with van der Waals surface area (Å²) in [5, 5.41) is 10.5. The number of aliphatic hydroxyl groups excluding tert-OH is 1. The minimum absolute atomic E-state index is 0.152. The topological polar surface area (TPSA) is 29.5 Å². The van der Waals surface area contributed by atoms with E-state index in [0.29, 0.717) is 23.1 Å². The Morgan fingerprint density at radius 2 is 1.95 bits per heavy atom. The Hall–Kier alpha value is -1.75. The number of hydrogen-bond acceptors (Lipinski definition) is 2. The minimum atomic E-state index is -4.69. The summed E-state index contributed by atoms with van der Waals surface area (Å²) in [5.74, 6) is 0.512. The zero-order valence-corrected chi connectivity index (χ0v) is 11.7. The van der Waals surface area contributed by atoms with Crippen molar-refractivity contribution in [3.63, 3.8) is 0 Å². The molecule has 0 saturated heterocycles. The molecule has 0 saturated carbocycles. The number of aliphatic hydroxyl groups is 1. The average molecular weight is 298 g/mol. The van der Waals surface area contributed by atoms with Crippen molar-refractivity contribution in [2.24, 2.45) is 0 Å². The second-order valence-electron chi connectivity index (χ2n) is 4.88. The third-order valence-corrected chi connectivity index (χ3v) is 3.26. The Morgan fingerprint density at radius 1 is 1.19 bits per heavy atom. The number of fused-ring (bicyclic) bond motifs is 1. The second kappa shape index (κ2) is 6.35. The molecule has 0 aromatic heterocycles. The fourth-order valence-corrected chi connectivity index (χ4v) is 2.11. The molecule has 0 radical (unpaired) electrons. The summed E-state index contributed by atoms with van der Waals surface area (Å²) >= 11 is 0. The zero-order chi connectivity index (χ0) is 15.5. The Balaban J connectivity index is 2.39. The number of rotatable bonds is 5.